The fourth-order valence-electron chi connectivity index (χ4n) is 3.32. The summed E-state index contributed by atoms with van der Waals surface area (Å²) >= 11 is 0. The van der Waals surface area contributed by atoms with Crippen molar-refractivity contribution in [3.8, 4) is 0 Å². The molecule has 1 aliphatic rings. The van der Waals surface area contributed by atoms with Crippen LogP contribution >= 0.6 is 0 Å². The first-order valence-electron chi connectivity index (χ1n) is 8.80. The minimum absolute atomic E-state index is 0.0439. The third kappa shape index (κ3) is 3.89. The smallest absolute Gasteiger partial charge is 0.240 e. The van der Waals surface area contributed by atoms with Gasteiger partial charge in [-0.3, -0.25) is 4.79 Å². The summed E-state index contributed by atoms with van der Waals surface area (Å²) < 4.78 is 3.99. The molecule has 25 heavy (non-hydrogen) atoms. The maximum Gasteiger partial charge on any atom is 0.240 e. The van der Waals surface area contributed by atoms with Crippen molar-refractivity contribution >= 4 is 5.91 Å². The largest absolute Gasteiger partial charge is 0.352 e. The van der Waals surface area contributed by atoms with Crippen LogP contribution in [0.15, 0.2) is 12.4 Å². The molecule has 136 valence electrons. The molecule has 0 bridgehead atoms. The highest BCUT2D eigenvalue weighted by Gasteiger charge is 2.34. The number of nitrogens with one attached hydrogen (secondary N) is 1. The lowest BCUT2D eigenvalue weighted by atomic mass is 9.79. The highest BCUT2D eigenvalue weighted by Crippen LogP contribution is 2.35. The maximum absolute atomic E-state index is 12.2. The van der Waals surface area contributed by atoms with Crippen LogP contribution in [-0.4, -0.2) is 55.3 Å². The molecule has 0 atom stereocenters. The predicted octanol–water partition coefficient (Wildman–Crippen LogP) is 0.698. The molecule has 8 heteroatoms. The maximum atomic E-state index is 12.2. The van der Waals surface area contributed by atoms with Gasteiger partial charge in [-0.15, -0.1) is 10.2 Å². The summed E-state index contributed by atoms with van der Waals surface area (Å²) in [4.78, 5) is 18.5. The van der Waals surface area contributed by atoms with Crippen molar-refractivity contribution < 1.29 is 4.79 Å². The van der Waals surface area contributed by atoms with Crippen LogP contribution in [0.2, 0.25) is 0 Å². The van der Waals surface area contributed by atoms with Crippen molar-refractivity contribution in [2.24, 2.45) is 7.05 Å². The highest BCUT2D eigenvalue weighted by atomic mass is 16.2. The molecule has 0 unspecified atom stereocenters. The summed E-state index contributed by atoms with van der Waals surface area (Å²) in [6.07, 6.45) is 6.26. The van der Waals surface area contributed by atoms with Gasteiger partial charge in [0.25, 0.3) is 0 Å². The summed E-state index contributed by atoms with van der Waals surface area (Å²) in [5, 5.41) is 11.7. The molecule has 0 spiro atoms. The van der Waals surface area contributed by atoms with Crippen LogP contribution in [0.5, 0.6) is 0 Å². The third-order valence-corrected chi connectivity index (χ3v) is 4.76. The number of aryl methyl sites for hydroxylation is 1. The van der Waals surface area contributed by atoms with E-state index >= 15 is 0 Å². The van der Waals surface area contributed by atoms with Crippen LogP contribution in [0.3, 0.4) is 0 Å². The summed E-state index contributed by atoms with van der Waals surface area (Å²) in [6, 6.07) is 0.222. The van der Waals surface area contributed by atoms with Crippen molar-refractivity contribution in [1.82, 2.24) is 34.5 Å². The zero-order chi connectivity index (χ0) is 18.0. The van der Waals surface area contributed by atoms with E-state index in [1.165, 1.54) is 0 Å². The molecule has 1 amide bonds. The molecule has 0 aliphatic heterocycles. The minimum Gasteiger partial charge on any atom is -0.352 e. The van der Waals surface area contributed by atoms with Gasteiger partial charge in [0.2, 0.25) is 5.91 Å². The first-order chi connectivity index (χ1) is 12.0. The molecular weight excluding hydrogens is 318 g/mol. The van der Waals surface area contributed by atoms with E-state index in [0.717, 1.165) is 43.3 Å². The van der Waals surface area contributed by atoms with E-state index in [1.54, 1.807) is 6.20 Å². The topological polar surface area (TPSA) is 80.9 Å². The second kappa shape index (κ2) is 7.35. The van der Waals surface area contributed by atoms with E-state index in [-0.39, 0.29) is 11.9 Å². The number of hydrogen-bond donors (Lipinski definition) is 1. The van der Waals surface area contributed by atoms with Crippen molar-refractivity contribution in [3.63, 3.8) is 0 Å². The zero-order valence-electron chi connectivity index (χ0n) is 15.4. The zero-order valence-corrected chi connectivity index (χ0v) is 15.4. The van der Waals surface area contributed by atoms with Gasteiger partial charge in [-0.2, -0.15) is 0 Å². The lowest BCUT2D eigenvalue weighted by molar-refractivity contribution is -0.123. The molecule has 8 nitrogen and oxygen atoms in total. The van der Waals surface area contributed by atoms with E-state index < -0.39 is 0 Å². The van der Waals surface area contributed by atoms with Gasteiger partial charge < -0.3 is 19.4 Å². The van der Waals surface area contributed by atoms with Gasteiger partial charge in [0.05, 0.1) is 6.54 Å². The molecule has 1 aliphatic carbocycles. The molecule has 0 radical (unpaired) electrons. The Morgan fingerprint density at radius 1 is 1.32 bits per heavy atom. The molecule has 0 saturated heterocycles. The number of nitrogens with zero attached hydrogens (tertiary/aromatic N) is 6. The number of carbonyl (C=O) groups excluding carboxylic acids is 1. The minimum atomic E-state index is 0.0439. The number of amides is 1. The molecule has 1 N–H and O–H groups in total. The Labute approximate surface area is 148 Å². The second-order valence-corrected chi connectivity index (χ2v) is 7.03. The molecule has 3 rings (SSSR count). The first-order valence-corrected chi connectivity index (χ1v) is 8.80. The van der Waals surface area contributed by atoms with Crippen LogP contribution in [0.4, 0.5) is 0 Å². The van der Waals surface area contributed by atoms with Crippen molar-refractivity contribution in [3.05, 3.63) is 29.9 Å². The number of rotatable bonds is 7. The van der Waals surface area contributed by atoms with Gasteiger partial charge in [-0.1, -0.05) is 6.92 Å². The molecule has 1 fully saturated rings. The Hall–Kier alpha value is -2.22. The molecule has 1 saturated carbocycles. The number of carbonyl (C=O) groups is 1. The van der Waals surface area contributed by atoms with E-state index in [0.29, 0.717) is 12.5 Å². The Morgan fingerprint density at radius 2 is 2.08 bits per heavy atom. The van der Waals surface area contributed by atoms with Gasteiger partial charge in [0.1, 0.15) is 24.0 Å². The number of hydrogen-bond acceptors (Lipinski definition) is 5. The fraction of sp³-hybridized carbons (Fsp3) is 0.647. The van der Waals surface area contributed by atoms with Crippen molar-refractivity contribution in [2.45, 2.75) is 51.2 Å². The summed E-state index contributed by atoms with van der Waals surface area (Å²) in [6.45, 7) is 3.15. The van der Waals surface area contributed by atoms with Gasteiger partial charge in [0.15, 0.2) is 0 Å². The van der Waals surface area contributed by atoms with Gasteiger partial charge in [-0.25, -0.2) is 4.98 Å². The number of aromatic nitrogens is 5. The van der Waals surface area contributed by atoms with Gasteiger partial charge in [0, 0.05) is 37.8 Å². The lowest BCUT2D eigenvalue weighted by Gasteiger charge is -2.35. The quantitative estimate of drug-likeness (QED) is 0.799. The van der Waals surface area contributed by atoms with Crippen LogP contribution in [0.25, 0.3) is 0 Å². The van der Waals surface area contributed by atoms with E-state index in [1.807, 2.05) is 38.8 Å². The van der Waals surface area contributed by atoms with E-state index in [9.17, 15) is 4.79 Å². The Morgan fingerprint density at radius 3 is 2.76 bits per heavy atom. The van der Waals surface area contributed by atoms with E-state index in [2.05, 4.69) is 30.0 Å². The average Bonchev–Trinajstić information content (AvgIpc) is 3.10. The Kier molecular flexibility index (Phi) is 5.17. The predicted molar refractivity (Wildman–Crippen MR) is 93.9 cm³/mol. The summed E-state index contributed by atoms with van der Waals surface area (Å²) in [5.74, 6) is 3.35. The normalized spacial score (nSPS) is 19.9. The van der Waals surface area contributed by atoms with E-state index in [4.69, 9.17) is 0 Å². The standard InChI is InChI=1S/C17H27N7O/c1-5-14-18-6-7-24(14)11-16(25)19-13-8-12(9-13)17-21-20-15(23(17)4)10-22(2)3/h6-7,12-13H,5,8-11H2,1-4H3,(H,19,25). The molecule has 2 aromatic rings. The van der Waals surface area contributed by atoms with Crippen LogP contribution in [0.1, 0.15) is 43.2 Å². The SMILES string of the molecule is CCc1nccn1CC(=O)NC1CC(c2nnc(CN(C)C)n2C)C1. The number of imidazole rings is 1. The summed E-state index contributed by atoms with van der Waals surface area (Å²) in [5.41, 5.74) is 0. The summed E-state index contributed by atoms with van der Waals surface area (Å²) in [7, 11) is 6.06. The molecular formula is C17H27N7O. The fourth-order valence-corrected chi connectivity index (χ4v) is 3.32. The average molecular weight is 345 g/mol. The van der Waals surface area contributed by atoms with Crippen LogP contribution < -0.4 is 5.32 Å². The van der Waals surface area contributed by atoms with Crippen LogP contribution in [0, 0.1) is 0 Å². The molecule has 0 aromatic carbocycles. The first kappa shape index (κ1) is 17.6. The molecule has 2 aromatic heterocycles. The Balaban J connectivity index is 1.49. The van der Waals surface area contributed by atoms with Crippen molar-refractivity contribution in [2.75, 3.05) is 14.1 Å². The second-order valence-electron chi connectivity index (χ2n) is 7.03. The van der Waals surface area contributed by atoms with Crippen molar-refractivity contribution in [1.29, 1.82) is 0 Å². The monoisotopic (exact) mass is 345 g/mol. The Bertz CT molecular complexity index is 727. The van der Waals surface area contributed by atoms with Crippen LogP contribution in [-0.2, 0) is 31.4 Å². The van der Waals surface area contributed by atoms with Gasteiger partial charge >= 0.3 is 0 Å². The van der Waals surface area contributed by atoms with Gasteiger partial charge in [-0.05, 0) is 26.9 Å². The highest BCUT2D eigenvalue weighted by molar-refractivity contribution is 5.76. The molecule has 2 heterocycles. The lowest BCUT2D eigenvalue weighted by Crippen LogP contribution is -2.45. The third-order valence-electron chi connectivity index (χ3n) is 4.76.